The van der Waals surface area contributed by atoms with Crippen LogP contribution in [0, 0.1) is 5.92 Å². The van der Waals surface area contributed by atoms with Gasteiger partial charge in [-0.15, -0.1) is 0 Å². The summed E-state index contributed by atoms with van der Waals surface area (Å²) < 4.78 is 2.02. The predicted octanol–water partition coefficient (Wildman–Crippen LogP) is 1.89. The summed E-state index contributed by atoms with van der Waals surface area (Å²) in [6.07, 6.45) is 4.53. The molecular formula is C16H21N3O. The molecule has 1 amide bonds. The second kappa shape index (κ2) is 5.67. The van der Waals surface area contributed by atoms with Crippen molar-refractivity contribution in [1.29, 1.82) is 0 Å². The molecule has 0 unspecified atom stereocenters. The van der Waals surface area contributed by atoms with E-state index < -0.39 is 0 Å². The second-order valence-electron chi connectivity index (χ2n) is 5.57. The van der Waals surface area contributed by atoms with E-state index in [0.29, 0.717) is 6.54 Å². The Labute approximate surface area is 119 Å². The molecule has 1 aliphatic carbocycles. The molecule has 20 heavy (non-hydrogen) atoms. The predicted molar refractivity (Wildman–Crippen MR) is 80.4 cm³/mol. The number of fused-ring (bicyclic) bond motifs is 1. The van der Waals surface area contributed by atoms with Crippen molar-refractivity contribution in [3.8, 4) is 0 Å². The molecule has 1 aromatic carbocycles. The minimum Gasteiger partial charge on any atom is -0.354 e. The first kappa shape index (κ1) is 13.2. The van der Waals surface area contributed by atoms with Gasteiger partial charge in [-0.3, -0.25) is 4.79 Å². The number of amides is 1. The van der Waals surface area contributed by atoms with Gasteiger partial charge in [0.05, 0.1) is 0 Å². The van der Waals surface area contributed by atoms with Crippen molar-refractivity contribution < 1.29 is 4.79 Å². The van der Waals surface area contributed by atoms with Gasteiger partial charge < -0.3 is 15.2 Å². The minimum atomic E-state index is 0.105. The van der Waals surface area contributed by atoms with Gasteiger partial charge in [0.25, 0.3) is 0 Å². The van der Waals surface area contributed by atoms with Crippen molar-refractivity contribution >= 4 is 16.8 Å². The van der Waals surface area contributed by atoms with Crippen molar-refractivity contribution in [2.24, 2.45) is 5.92 Å². The highest BCUT2D eigenvalue weighted by Gasteiger charge is 2.21. The van der Waals surface area contributed by atoms with Gasteiger partial charge in [0, 0.05) is 30.2 Å². The highest BCUT2D eigenvalue weighted by Crippen LogP contribution is 2.27. The Kier molecular flexibility index (Phi) is 3.74. The molecule has 1 heterocycles. The normalized spacial score (nSPS) is 14.7. The highest BCUT2D eigenvalue weighted by atomic mass is 16.1. The number of rotatable bonds is 6. The monoisotopic (exact) mass is 271 g/mol. The average Bonchev–Trinajstić information content (AvgIpc) is 3.19. The quantitative estimate of drug-likeness (QED) is 0.843. The van der Waals surface area contributed by atoms with Crippen LogP contribution < -0.4 is 10.6 Å². The van der Waals surface area contributed by atoms with Crippen molar-refractivity contribution in [2.75, 3.05) is 13.6 Å². The topological polar surface area (TPSA) is 46.1 Å². The number of hydrogen-bond acceptors (Lipinski definition) is 2. The lowest BCUT2D eigenvalue weighted by Gasteiger charge is -2.08. The molecule has 0 spiro atoms. The maximum Gasteiger partial charge on any atom is 0.239 e. The zero-order chi connectivity index (χ0) is 13.9. The Bertz CT molecular complexity index is 613. The Morgan fingerprint density at radius 2 is 2.20 bits per heavy atom. The van der Waals surface area contributed by atoms with E-state index in [2.05, 4.69) is 28.8 Å². The number of carbonyl (C=O) groups excluding carboxylic acids is 1. The van der Waals surface area contributed by atoms with Crippen LogP contribution in [-0.2, 0) is 17.9 Å². The molecule has 1 saturated carbocycles. The number of hydrogen-bond donors (Lipinski definition) is 2. The van der Waals surface area contributed by atoms with Crippen molar-refractivity contribution in [1.82, 2.24) is 15.2 Å². The first-order chi connectivity index (χ1) is 9.78. The third-order valence-electron chi connectivity index (χ3n) is 3.87. The summed E-state index contributed by atoms with van der Waals surface area (Å²) in [7, 11) is 1.95. The van der Waals surface area contributed by atoms with E-state index >= 15 is 0 Å². The van der Waals surface area contributed by atoms with E-state index in [0.717, 1.165) is 24.5 Å². The smallest absolute Gasteiger partial charge is 0.239 e. The van der Waals surface area contributed by atoms with E-state index in [4.69, 9.17) is 0 Å². The first-order valence-electron chi connectivity index (χ1n) is 7.26. The fraction of sp³-hybridized carbons (Fsp3) is 0.438. The summed E-state index contributed by atoms with van der Waals surface area (Å²) in [5, 5.41) is 7.41. The SMILES string of the molecule is CNCc1cccc2c1ccn2CC(=O)NCC1CC1. The highest BCUT2D eigenvalue weighted by molar-refractivity contribution is 5.85. The molecule has 106 valence electrons. The number of carbonyl (C=O) groups is 1. The Balaban J connectivity index is 1.74. The van der Waals surface area contributed by atoms with Gasteiger partial charge in [0.2, 0.25) is 5.91 Å². The van der Waals surface area contributed by atoms with Crippen LogP contribution in [0.5, 0.6) is 0 Å². The second-order valence-corrected chi connectivity index (χ2v) is 5.57. The first-order valence-corrected chi connectivity index (χ1v) is 7.26. The maximum atomic E-state index is 12.0. The van der Waals surface area contributed by atoms with Crippen LogP contribution in [0.25, 0.3) is 10.9 Å². The van der Waals surface area contributed by atoms with Crippen molar-refractivity contribution in [3.05, 3.63) is 36.0 Å². The largest absolute Gasteiger partial charge is 0.354 e. The summed E-state index contributed by atoms with van der Waals surface area (Å²) >= 11 is 0. The van der Waals surface area contributed by atoms with Crippen molar-refractivity contribution in [3.63, 3.8) is 0 Å². The molecule has 0 atom stereocenters. The van der Waals surface area contributed by atoms with E-state index in [-0.39, 0.29) is 5.91 Å². The van der Waals surface area contributed by atoms with Crippen LogP contribution in [-0.4, -0.2) is 24.1 Å². The van der Waals surface area contributed by atoms with Gasteiger partial charge in [0.1, 0.15) is 6.54 Å². The molecule has 4 heteroatoms. The summed E-state index contributed by atoms with van der Waals surface area (Å²) in [5.41, 5.74) is 2.39. The van der Waals surface area contributed by atoms with Crippen LogP contribution in [0.2, 0.25) is 0 Å². The zero-order valence-corrected chi connectivity index (χ0v) is 11.9. The maximum absolute atomic E-state index is 12.0. The number of aromatic nitrogens is 1. The third kappa shape index (κ3) is 2.85. The van der Waals surface area contributed by atoms with Crippen LogP contribution in [0.3, 0.4) is 0 Å². The Hall–Kier alpha value is -1.81. The van der Waals surface area contributed by atoms with Crippen LogP contribution >= 0.6 is 0 Å². The zero-order valence-electron chi connectivity index (χ0n) is 11.9. The summed E-state index contributed by atoms with van der Waals surface area (Å²) in [6, 6.07) is 8.34. The van der Waals surface area contributed by atoms with Crippen molar-refractivity contribution in [2.45, 2.75) is 25.9 Å². The lowest BCUT2D eigenvalue weighted by atomic mass is 10.1. The summed E-state index contributed by atoms with van der Waals surface area (Å²) in [5.74, 6) is 0.830. The van der Waals surface area contributed by atoms with Crippen LogP contribution in [0.1, 0.15) is 18.4 Å². The molecule has 1 aliphatic rings. The number of nitrogens with one attached hydrogen (secondary N) is 2. The number of benzene rings is 1. The lowest BCUT2D eigenvalue weighted by molar-refractivity contribution is -0.121. The Morgan fingerprint density at radius 1 is 1.35 bits per heavy atom. The third-order valence-corrected chi connectivity index (χ3v) is 3.87. The summed E-state index contributed by atoms with van der Waals surface area (Å²) in [6.45, 7) is 2.08. The molecule has 0 radical (unpaired) electrons. The lowest BCUT2D eigenvalue weighted by Crippen LogP contribution is -2.29. The van der Waals surface area contributed by atoms with Crippen LogP contribution in [0.4, 0.5) is 0 Å². The summed E-state index contributed by atoms with van der Waals surface area (Å²) in [4.78, 5) is 12.0. The molecule has 1 fully saturated rings. The van der Waals surface area contributed by atoms with Gasteiger partial charge >= 0.3 is 0 Å². The van der Waals surface area contributed by atoms with E-state index in [1.165, 1.54) is 23.8 Å². The van der Waals surface area contributed by atoms with Gasteiger partial charge in [-0.25, -0.2) is 0 Å². The molecule has 4 nitrogen and oxygen atoms in total. The van der Waals surface area contributed by atoms with E-state index in [9.17, 15) is 4.79 Å². The van der Waals surface area contributed by atoms with E-state index in [1.807, 2.05) is 23.9 Å². The standard InChI is InChI=1S/C16H21N3O/c1-17-10-13-3-2-4-15-14(13)7-8-19(15)11-16(20)18-9-12-5-6-12/h2-4,7-8,12,17H,5-6,9-11H2,1H3,(H,18,20). The van der Waals surface area contributed by atoms with E-state index in [1.54, 1.807) is 0 Å². The number of nitrogens with zero attached hydrogens (tertiary/aromatic N) is 1. The van der Waals surface area contributed by atoms with Gasteiger partial charge in [-0.05, 0) is 43.5 Å². The molecule has 0 aliphatic heterocycles. The molecule has 1 aromatic heterocycles. The fourth-order valence-corrected chi connectivity index (χ4v) is 2.56. The molecular weight excluding hydrogens is 250 g/mol. The molecule has 0 saturated heterocycles. The van der Waals surface area contributed by atoms with Crippen LogP contribution in [0.15, 0.2) is 30.5 Å². The molecule has 3 rings (SSSR count). The molecule has 2 N–H and O–H groups in total. The average molecular weight is 271 g/mol. The molecule has 2 aromatic rings. The van der Waals surface area contributed by atoms with Gasteiger partial charge in [-0.2, -0.15) is 0 Å². The van der Waals surface area contributed by atoms with Gasteiger partial charge in [0.15, 0.2) is 0 Å². The molecule has 0 bridgehead atoms. The Morgan fingerprint density at radius 3 is 2.95 bits per heavy atom. The fourth-order valence-electron chi connectivity index (χ4n) is 2.56. The van der Waals surface area contributed by atoms with Gasteiger partial charge in [-0.1, -0.05) is 12.1 Å². The minimum absolute atomic E-state index is 0.105.